The first kappa shape index (κ1) is 13.6. The van der Waals surface area contributed by atoms with E-state index in [1.165, 1.54) is 50.8 Å². The second kappa shape index (κ2) is 6.94. The highest BCUT2D eigenvalue weighted by atomic mass is 15.1. The van der Waals surface area contributed by atoms with Crippen LogP contribution in [0.5, 0.6) is 0 Å². The van der Waals surface area contributed by atoms with Gasteiger partial charge < -0.3 is 4.90 Å². The molecule has 1 aliphatic heterocycles. The smallest absolute Gasteiger partial charge is 0.00385 e. The lowest BCUT2D eigenvalue weighted by Crippen LogP contribution is -2.38. The monoisotopic (exact) mass is 245 g/mol. The maximum atomic E-state index is 2.62. The molecule has 1 aromatic rings. The summed E-state index contributed by atoms with van der Waals surface area (Å²) in [6.07, 6.45) is 6.85. The third-order valence-electron chi connectivity index (χ3n) is 4.30. The van der Waals surface area contributed by atoms with E-state index in [9.17, 15) is 0 Å². The zero-order valence-electron chi connectivity index (χ0n) is 11.9. The minimum Gasteiger partial charge on any atom is -0.301 e. The fourth-order valence-electron chi connectivity index (χ4n) is 3.00. The quantitative estimate of drug-likeness (QED) is 0.754. The van der Waals surface area contributed by atoms with Crippen molar-refractivity contribution in [2.75, 3.05) is 13.1 Å². The number of rotatable bonds is 5. The van der Waals surface area contributed by atoms with Crippen LogP contribution in [0.25, 0.3) is 0 Å². The lowest BCUT2D eigenvalue weighted by molar-refractivity contribution is 0.145. The molecule has 1 fully saturated rings. The minimum absolute atomic E-state index is 0.732. The van der Waals surface area contributed by atoms with Gasteiger partial charge in [0.2, 0.25) is 0 Å². The summed E-state index contributed by atoms with van der Waals surface area (Å²) in [4.78, 5) is 2.62. The summed E-state index contributed by atoms with van der Waals surface area (Å²) in [5.74, 6) is 0.976. The standard InChI is InChI=1S/C17H27N/c1-15(2)18-13-11-17(12-14-18)10-6-9-16-7-4-3-5-8-16/h3-5,7-8,15,17H,6,9-14H2,1-2H3. The Kier molecular flexibility index (Phi) is 5.25. The van der Waals surface area contributed by atoms with E-state index in [-0.39, 0.29) is 0 Å². The Balaban J connectivity index is 1.64. The molecule has 0 unspecified atom stereocenters. The fraction of sp³-hybridized carbons (Fsp3) is 0.647. The van der Waals surface area contributed by atoms with E-state index in [4.69, 9.17) is 0 Å². The number of nitrogens with zero attached hydrogens (tertiary/aromatic N) is 1. The Hall–Kier alpha value is -0.820. The second-order valence-electron chi connectivity index (χ2n) is 5.95. The highest BCUT2D eigenvalue weighted by molar-refractivity contribution is 5.14. The molecule has 100 valence electrons. The fourth-order valence-corrected chi connectivity index (χ4v) is 3.00. The van der Waals surface area contributed by atoms with Crippen LogP contribution in [-0.2, 0) is 6.42 Å². The number of piperidine rings is 1. The molecule has 1 aliphatic rings. The molecule has 0 amide bonds. The van der Waals surface area contributed by atoms with Crippen molar-refractivity contribution < 1.29 is 0 Å². The van der Waals surface area contributed by atoms with Crippen molar-refractivity contribution in [3.05, 3.63) is 35.9 Å². The van der Waals surface area contributed by atoms with Gasteiger partial charge in [0.1, 0.15) is 0 Å². The number of benzene rings is 1. The third kappa shape index (κ3) is 4.13. The lowest BCUT2D eigenvalue weighted by atomic mass is 9.90. The van der Waals surface area contributed by atoms with Crippen molar-refractivity contribution in [2.45, 2.75) is 52.0 Å². The molecule has 0 aliphatic carbocycles. The maximum Gasteiger partial charge on any atom is 0.00385 e. The van der Waals surface area contributed by atoms with Gasteiger partial charge in [0, 0.05) is 6.04 Å². The Morgan fingerprint density at radius 2 is 1.78 bits per heavy atom. The summed E-state index contributed by atoms with van der Waals surface area (Å²) in [7, 11) is 0. The molecular weight excluding hydrogens is 218 g/mol. The number of likely N-dealkylation sites (tertiary alicyclic amines) is 1. The molecule has 1 aromatic carbocycles. The molecule has 0 radical (unpaired) electrons. The van der Waals surface area contributed by atoms with E-state index in [1.807, 2.05) is 0 Å². The van der Waals surface area contributed by atoms with Gasteiger partial charge in [-0.3, -0.25) is 0 Å². The van der Waals surface area contributed by atoms with Gasteiger partial charge in [0.15, 0.2) is 0 Å². The van der Waals surface area contributed by atoms with Gasteiger partial charge in [-0.1, -0.05) is 36.8 Å². The van der Waals surface area contributed by atoms with Crippen molar-refractivity contribution in [3.8, 4) is 0 Å². The van der Waals surface area contributed by atoms with Crippen molar-refractivity contribution in [1.29, 1.82) is 0 Å². The van der Waals surface area contributed by atoms with Gasteiger partial charge in [-0.05, 0) is 64.1 Å². The van der Waals surface area contributed by atoms with Gasteiger partial charge in [-0.25, -0.2) is 0 Å². The van der Waals surface area contributed by atoms with Gasteiger partial charge in [-0.15, -0.1) is 0 Å². The van der Waals surface area contributed by atoms with Crippen LogP contribution in [0, 0.1) is 5.92 Å². The SMILES string of the molecule is CC(C)N1CCC(CCCc2ccccc2)CC1. The van der Waals surface area contributed by atoms with Gasteiger partial charge >= 0.3 is 0 Å². The van der Waals surface area contributed by atoms with Crippen molar-refractivity contribution in [3.63, 3.8) is 0 Å². The van der Waals surface area contributed by atoms with Gasteiger partial charge in [0.05, 0.1) is 0 Å². The topological polar surface area (TPSA) is 3.24 Å². The summed E-state index contributed by atoms with van der Waals surface area (Å²) in [6, 6.07) is 11.6. The predicted molar refractivity (Wildman–Crippen MR) is 78.8 cm³/mol. The highest BCUT2D eigenvalue weighted by Gasteiger charge is 2.20. The summed E-state index contributed by atoms with van der Waals surface area (Å²) in [5.41, 5.74) is 1.50. The van der Waals surface area contributed by atoms with E-state index in [1.54, 1.807) is 0 Å². The third-order valence-corrected chi connectivity index (χ3v) is 4.30. The molecule has 0 atom stereocenters. The Morgan fingerprint density at radius 1 is 1.11 bits per heavy atom. The molecule has 1 saturated heterocycles. The molecule has 1 nitrogen and oxygen atoms in total. The predicted octanol–water partition coefficient (Wildman–Crippen LogP) is 4.13. The van der Waals surface area contributed by atoms with Crippen LogP contribution in [0.15, 0.2) is 30.3 Å². The Morgan fingerprint density at radius 3 is 2.39 bits per heavy atom. The summed E-state index contributed by atoms with van der Waals surface area (Å²) >= 11 is 0. The molecule has 0 spiro atoms. The van der Waals surface area contributed by atoms with E-state index >= 15 is 0 Å². The average Bonchev–Trinajstić information content (AvgIpc) is 2.40. The largest absolute Gasteiger partial charge is 0.301 e. The van der Waals surface area contributed by atoms with Crippen LogP contribution in [0.4, 0.5) is 0 Å². The first-order valence-corrected chi connectivity index (χ1v) is 7.53. The average molecular weight is 245 g/mol. The van der Waals surface area contributed by atoms with Crippen molar-refractivity contribution >= 4 is 0 Å². The molecule has 2 rings (SSSR count). The summed E-state index contributed by atoms with van der Waals surface area (Å²) in [6.45, 7) is 7.26. The van der Waals surface area contributed by atoms with Gasteiger partial charge in [0.25, 0.3) is 0 Å². The van der Waals surface area contributed by atoms with E-state index < -0.39 is 0 Å². The van der Waals surface area contributed by atoms with E-state index in [0.29, 0.717) is 0 Å². The summed E-state index contributed by atoms with van der Waals surface area (Å²) in [5, 5.41) is 0. The van der Waals surface area contributed by atoms with E-state index in [0.717, 1.165) is 12.0 Å². The molecule has 1 heteroatoms. The van der Waals surface area contributed by atoms with Crippen LogP contribution in [-0.4, -0.2) is 24.0 Å². The molecule has 0 saturated carbocycles. The van der Waals surface area contributed by atoms with Crippen LogP contribution >= 0.6 is 0 Å². The molecule has 1 heterocycles. The van der Waals surface area contributed by atoms with Crippen molar-refractivity contribution in [2.24, 2.45) is 5.92 Å². The Labute approximate surface area is 112 Å². The summed E-state index contributed by atoms with van der Waals surface area (Å²) < 4.78 is 0. The first-order chi connectivity index (χ1) is 8.75. The maximum absolute atomic E-state index is 2.62. The van der Waals surface area contributed by atoms with E-state index in [2.05, 4.69) is 49.1 Å². The normalized spacial score (nSPS) is 18.4. The molecule has 0 N–H and O–H groups in total. The second-order valence-corrected chi connectivity index (χ2v) is 5.95. The first-order valence-electron chi connectivity index (χ1n) is 7.53. The lowest BCUT2D eigenvalue weighted by Gasteiger charge is -2.34. The number of hydrogen-bond acceptors (Lipinski definition) is 1. The number of aryl methyl sites for hydroxylation is 1. The van der Waals surface area contributed by atoms with Crippen molar-refractivity contribution in [1.82, 2.24) is 4.90 Å². The van der Waals surface area contributed by atoms with Gasteiger partial charge in [-0.2, -0.15) is 0 Å². The molecule has 0 aromatic heterocycles. The van der Waals surface area contributed by atoms with Crippen LogP contribution in [0.1, 0.15) is 45.1 Å². The molecule has 18 heavy (non-hydrogen) atoms. The highest BCUT2D eigenvalue weighted by Crippen LogP contribution is 2.23. The van der Waals surface area contributed by atoms with Crippen LogP contribution in [0.2, 0.25) is 0 Å². The zero-order valence-corrected chi connectivity index (χ0v) is 11.9. The minimum atomic E-state index is 0.732. The zero-order chi connectivity index (χ0) is 12.8. The van der Waals surface area contributed by atoms with Crippen LogP contribution in [0.3, 0.4) is 0 Å². The van der Waals surface area contributed by atoms with Crippen LogP contribution < -0.4 is 0 Å². The number of hydrogen-bond donors (Lipinski definition) is 0. The molecular formula is C17H27N. The molecule has 0 bridgehead atoms. The Bertz CT molecular complexity index is 323.